The molecular formula is C16H22N2O2. The van der Waals surface area contributed by atoms with Crippen LogP contribution in [0, 0.1) is 5.41 Å². The highest BCUT2D eigenvalue weighted by Crippen LogP contribution is 2.48. The van der Waals surface area contributed by atoms with Gasteiger partial charge in [0.1, 0.15) is 6.61 Å². The van der Waals surface area contributed by atoms with Crippen molar-refractivity contribution in [1.29, 1.82) is 0 Å². The molecule has 2 aliphatic rings. The van der Waals surface area contributed by atoms with Crippen molar-refractivity contribution in [2.24, 2.45) is 11.1 Å². The van der Waals surface area contributed by atoms with Crippen LogP contribution in [0.25, 0.3) is 0 Å². The van der Waals surface area contributed by atoms with E-state index in [0.29, 0.717) is 18.1 Å². The lowest BCUT2D eigenvalue weighted by Crippen LogP contribution is -2.53. The third kappa shape index (κ3) is 2.80. The van der Waals surface area contributed by atoms with E-state index >= 15 is 0 Å². The maximum Gasteiger partial charge on any atom is 0.410 e. The van der Waals surface area contributed by atoms with Crippen LogP contribution in [0.1, 0.15) is 31.2 Å². The van der Waals surface area contributed by atoms with Crippen LogP contribution < -0.4 is 5.73 Å². The Hall–Kier alpha value is -1.55. The molecule has 1 aromatic rings. The number of hydrogen-bond donors (Lipinski definition) is 1. The number of nitrogens with two attached hydrogens (primary N) is 1. The number of likely N-dealkylation sites (tertiary alicyclic amines) is 1. The fraction of sp³-hybridized carbons (Fsp3) is 0.562. The second-order valence-corrected chi connectivity index (χ2v) is 6.20. The average molecular weight is 274 g/mol. The van der Waals surface area contributed by atoms with Crippen LogP contribution in [0.15, 0.2) is 30.3 Å². The molecule has 4 heteroatoms. The zero-order valence-electron chi connectivity index (χ0n) is 11.8. The van der Waals surface area contributed by atoms with Gasteiger partial charge in [0.05, 0.1) is 0 Å². The normalized spacial score (nSPS) is 21.6. The van der Waals surface area contributed by atoms with E-state index in [2.05, 4.69) is 0 Å². The van der Waals surface area contributed by atoms with Gasteiger partial charge in [-0.2, -0.15) is 0 Å². The molecule has 2 N–H and O–H groups in total. The highest BCUT2D eigenvalue weighted by atomic mass is 16.6. The average Bonchev–Trinajstić information content (AvgIpc) is 2.45. The molecule has 1 aromatic carbocycles. The first kappa shape index (κ1) is 13.4. The predicted octanol–water partition coefficient (Wildman–Crippen LogP) is 2.53. The van der Waals surface area contributed by atoms with Crippen LogP contribution in [-0.4, -0.2) is 30.1 Å². The molecule has 1 amide bonds. The van der Waals surface area contributed by atoms with E-state index in [1.165, 1.54) is 0 Å². The van der Waals surface area contributed by atoms with Crippen LogP contribution in [-0.2, 0) is 11.3 Å². The molecule has 1 aliphatic heterocycles. The minimum atomic E-state index is -0.188. The van der Waals surface area contributed by atoms with Gasteiger partial charge in [0.15, 0.2) is 0 Å². The Morgan fingerprint density at radius 3 is 2.50 bits per heavy atom. The number of piperidine rings is 1. The van der Waals surface area contributed by atoms with E-state index in [0.717, 1.165) is 44.3 Å². The number of nitrogens with zero attached hydrogens (tertiary/aromatic N) is 1. The number of ether oxygens (including phenoxy) is 1. The smallest absolute Gasteiger partial charge is 0.410 e. The topological polar surface area (TPSA) is 55.6 Å². The summed E-state index contributed by atoms with van der Waals surface area (Å²) in [5, 5.41) is 0. The van der Waals surface area contributed by atoms with Crippen molar-refractivity contribution in [3.05, 3.63) is 35.9 Å². The van der Waals surface area contributed by atoms with E-state index in [-0.39, 0.29) is 6.09 Å². The number of rotatable bonds is 2. The fourth-order valence-electron chi connectivity index (χ4n) is 3.44. The summed E-state index contributed by atoms with van der Waals surface area (Å²) in [5.41, 5.74) is 7.34. The van der Waals surface area contributed by atoms with E-state index in [9.17, 15) is 4.79 Å². The maximum atomic E-state index is 12.0. The first-order valence-electron chi connectivity index (χ1n) is 7.38. The standard InChI is InChI=1S/C16H22N2O2/c17-14-10-16(11-14)6-8-18(9-7-16)15(19)20-12-13-4-2-1-3-5-13/h1-5,14H,6-12,17H2. The van der Waals surface area contributed by atoms with Gasteiger partial charge < -0.3 is 15.4 Å². The molecule has 1 spiro atoms. The summed E-state index contributed by atoms with van der Waals surface area (Å²) in [7, 11) is 0. The third-order valence-corrected chi connectivity index (χ3v) is 4.68. The molecule has 3 rings (SSSR count). The summed E-state index contributed by atoms with van der Waals surface area (Å²) >= 11 is 0. The second-order valence-electron chi connectivity index (χ2n) is 6.20. The summed E-state index contributed by atoms with van der Waals surface area (Å²) in [4.78, 5) is 13.9. The third-order valence-electron chi connectivity index (χ3n) is 4.68. The maximum absolute atomic E-state index is 12.0. The van der Waals surface area contributed by atoms with E-state index in [1.807, 2.05) is 35.2 Å². The Morgan fingerprint density at radius 2 is 1.90 bits per heavy atom. The van der Waals surface area contributed by atoms with Gasteiger partial charge in [0, 0.05) is 19.1 Å². The van der Waals surface area contributed by atoms with Crippen molar-refractivity contribution in [3.8, 4) is 0 Å². The molecule has 0 bridgehead atoms. The minimum absolute atomic E-state index is 0.188. The minimum Gasteiger partial charge on any atom is -0.445 e. The number of amides is 1. The molecular weight excluding hydrogens is 252 g/mol. The number of carbonyl (C=O) groups excluding carboxylic acids is 1. The lowest BCUT2D eigenvalue weighted by Gasteiger charge is -2.50. The quantitative estimate of drug-likeness (QED) is 0.901. The highest BCUT2D eigenvalue weighted by molar-refractivity contribution is 5.67. The van der Waals surface area contributed by atoms with Gasteiger partial charge in [-0.3, -0.25) is 0 Å². The summed E-state index contributed by atoms with van der Waals surface area (Å²) in [6.07, 6.45) is 4.20. The Labute approximate surface area is 119 Å². The molecule has 20 heavy (non-hydrogen) atoms. The summed E-state index contributed by atoms with van der Waals surface area (Å²) in [6.45, 7) is 1.97. The van der Waals surface area contributed by atoms with Crippen molar-refractivity contribution in [1.82, 2.24) is 4.90 Å². The zero-order valence-corrected chi connectivity index (χ0v) is 11.8. The molecule has 108 valence electrons. The van der Waals surface area contributed by atoms with Gasteiger partial charge in [-0.15, -0.1) is 0 Å². The largest absolute Gasteiger partial charge is 0.445 e. The van der Waals surface area contributed by atoms with Gasteiger partial charge in [-0.1, -0.05) is 30.3 Å². The van der Waals surface area contributed by atoms with E-state index in [1.54, 1.807) is 0 Å². The van der Waals surface area contributed by atoms with Gasteiger partial charge in [-0.25, -0.2) is 4.79 Å². The van der Waals surface area contributed by atoms with Gasteiger partial charge in [0.25, 0.3) is 0 Å². The summed E-state index contributed by atoms with van der Waals surface area (Å²) in [6, 6.07) is 10.2. The van der Waals surface area contributed by atoms with Crippen LogP contribution in [0.2, 0.25) is 0 Å². The lowest BCUT2D eigenvalue weighted by molar-refractivity contribution is 0.0123. The van der Waals surface area contributed by atoms with Crippen LogP contribution in [0.4, 0.5) is 4.79 Å². The molecule has 1 saturated carbocycles. The molecule has 2 fully saturated rings. The molecule has 0 radical (unpaired) electrons. The van der Waals surface area contributed by atoms with Crippen LogP contribution in [0.5, 0.6) is 0 Å². The summed E-state index contributed by atoms with van der Waals surface area (Å²) < 4.78 is 5.37. The molecule has 1 aliphatic carbocycles. The Bertz CT molecular complexity index is 459. The Kier molecular flexibility index (Phi) is 3.66. The monoisotopic (exact) mass is 274 g/mol. The second kappa shape index (κ2) is 5.44. The van der Waals surface area contributed by atoms with Gasteiger partial charge in [-0.05, 0) is 36.7 Å². The predicted molar refractivity (Wildman–Crippen MR) is 77.1 cm³/mol. The van der Waals surface area contributed by atoms with Gasteiger partial charge in [0.2, 0.25) is 0 Å². The van der Waals surface area contributed by atoms with E-state index < -0.39 is 0 Å². The van der Waals surface area contributed by atoms with E-state index in [4.69, 9.17) is 10.5 Å². The van der Waals surface area contributed by atoms with Crippen LogP contribution in [0.3, 0.4) is 0 Å². The van der Waals surface area contributed by atoms with Crippen LogP contribution >= 0.6 is 0 Å². The Balaban J connectivity index is 1.45. The number of hydrogen-bond acceptors (Lipinski definition) is 3. The van der Waals surface area contributed by atoms with Crippen molar-refractivity contribution in [2.45, 2.75) is 38.3 Å². The molecule has 1 saturated heterocycles. The van der Waals surface area contributed by atoms with Gasteiger partial charge >= 0.3 is 6.09 Å². The fourth-order valence-corrected chi connectivity index (χ4v) is 3.44. The van der Waals surface area contributed by atoms with Crippen molar-refractivity contribution in [2.75, 3.05) is 13.1 Å². The zero-order chi connectivity index (χ0) is 14.0. The molecule has 1 heterocycles. The lowest BCUT2D eigenvalue weighted by atomic mass is 9.61. The number of carbonyl (C=O) groups is 1. The molecule has 0 aromatic heterocycles. The molecule has 4 nitrogen and oxygen atoms in total. The highest BCUT2D eigenvalue weighted by Gasteiger charge is 2.44. The first-order valence-corrected chi connectivity index (χ1v) is 7.38. The molecule has 0 atom stereocenters. The van der Waals surface area contributed by atoms with Crippen molar-refractivity contribution < 1.29 is 9.53 Å². The SMILES string of the molecule is NC1CC2(CCN(C(=O)OCc3ccccc3)CC2)C1. The van der Waals surface area contributed by atoms with Crippen molar-refractivity contribution >= 4 is 6.09 Å². The first-order chi connectivity index (χ1) is 9.67. The number of benzene rings is 1. The summed E-state index contributed by atoms with van der Waals surface area (Å²) in [5.74, 6) is 0. The van der Waals surface area contributed by atoms with Crippen molar-refractivity contribution in [3.63, 3.8) is 0 Å². The Morgan fingerprint density at radius 1 is 1.25 bits per heavy atom. The molecule has 0 unspecified atom stereocenters.